The minimum Gasteiger partial charge on any atom is -0.334 e. The van der Waals surface area contributed by atoms with Crippen LogP contribution in [0.5, 0.6) is 0 Å². The first-order valence-corrected chi connectivity index (χ1v) is 8.30. The van der Waals surface area contributed by atoms with E-state index in [1.165, 1.54) is 6.07 Å². The fourth-order valence-electron chi connectivity index (χ4n) is 1.92. The molecule has 0 aliphatic heterocycles. The van der Waals surface area contributed by atoms with Crippen LogP contribution in [-0.4, -0.2) is 29.8 Å². The van der Waals surface area contributed by atoms with Gasteiger partial charge in [0.05, 0.1) is 10.7 Å². The summed E-state index contributed by atoms with van der Waals surface area (Å²) in [5, 5.41) is 3.33. The van der Waals surface area contributed by atoms with Crippen LogP contribution in [-0.2, 0) is 9.59 Å². The Morgan fingerprint density at radius 3 is 2.18 bits per heavy atom. The third-order valence-electron chi connectivity index (χ3n) is 3.22. The van der Waals surface area contributed by atoms with Gasteiger partial charge < -0.3 is 10.2 Å². The first-order chi connectivity index (χ1) is 10.5. The van der Waals surface area contributed by atoms with Gasteiger partial charge in [0.15, 0.2) is 0 Å². The van der Waals surface area contributed by atoms with Gasteiger partial charge in [-0.05, 0) is 31.0 Å². The van der Waals surface area contributed by atoms with Gasteiger partial charge in [-0.2, -0.15) is 0 Å². The Morgan fingerprint density at radius 2 is 1.68 bits per heavy atom. The van der Waals surface area contributed by atoms with E-state index in [-0.39, 0.29) is 0 Å². The predicted molar refractivity (Wildman–Crippen MR) is 91.5 cm³/mol. The van der Waals surface area contributed by atoms with Crippen LogP contribution in [0.3, 0.4) is 0 Å². The standard InChI is InChI=1S/C16H22Cl2N2O2/c1-3-5-9-20(10-6-4-2)16(22)15(21)19-14-8-7-12(17)11-13(14)18/h7-8,11H,3-6,9-10H2,1-2H3,(H,19,21). The maximum Gasteiger partial charge on any atom is 0.313 e. The summed E-state index contributed by atoms with van der Waals surface area (Å²) < 4.78 is 0. The molecule has 0 aromatic heterocycles. The largest absolute Gasteiger partial charge is 0.334 e. The Bertz CT molecular complexity index is 513. The number of anilines is 1. The van der Waals surface area contributed by atoms with E-state index in [2.05, 4.69) is 19.2 Å². The maximum absolute atomic E-state index is 12.3. The highest BCUT2D eigenvalue weighted by Crippen LogP contribution is 2.25. The first kappa shape index (κ1) is 18.8. The highest BCUT2D eigenvalue weighted by atomic mass is 35.5. The summed E-state index contributed by atoms with van der Waals surface area (Å²) >= 11 is 11.8. The zero-order valence-corrected chi connectivity index (χ0v) is 14.5. The van der Waals surface area contributed by atoms with Crippen molar-refractivity contribution in [2.45, 2.75) is 39.5 Å². The van der Waals surface area contributed by atoms with Crippen molar-refractivity contribution in [1.82, 2.24) is 4.90 Å². The number of benzene rings is 1. The van der Waals surface area contributed by atoms with Crippen molar-refractivity contribution in [3.8, 4) is 0 Å². The minimum atomic E-state index is -0.670. The number of halogens is 2. The van der Waals surface area contributed by atoms with Gasteiger partial charge in [-0.1, -0.05) is 49.9 Å². The Kier molecular flexibility index (Phi) is 8.28. The lowest BCUT2D eigenvalue weighted by molar-refractivity contribution is -0.143. The van der Waals surface area contributed by atoms with Gasteiger partial charge in [0.1, 0.15) is 0 Å². The summed E-state index contributed by atoms with van der Waals surface area (Å²) in [6.45, 7) is 5.29. The van der Waals surface area contributed by atoms with Crippen molar-refractivity contribution in [3.05, 3.63) is 28.2 Å². The van der Waals surface area contributed by atoms with Crippen LogP contribution in [0.1, 0.15) is 39.5 Å². The van der Waals surface area contributed by atoms with E-state index in [1.54, 1.807) is 17.0 Å². The van der Waals surface area contributed by atoms with Crippen LogP contribution >= 0.6 is 23.2 Å². The molecule has 0 unspecified atom stereocenters. The Balaban J connectivity index is 2.73. The molecule has 22 heavy (non-hydrogen) atoms. The molecule has 0 atom stereocenters. The van der Waals surface area contributed by atoms with Crippen LogP contribution < -0.4 is 5.32 Å². The summed E-state index contributed by atoms with van der Waals surface area (Å²) in [5.41, 5.74) is 0.385. The van der Waals surface area contributed by atoms with Crippen LogP contribution in [0.4, 0.5) is 5.69 Å². The maximum atomic E-state index is 12.3. The molecule has 0 radical (unpaired) electrons. The van der Waals surface area contributed by atoms with Crippen molar-refractivity contribution >= 4 is 40.7 Å². The predicted octanol–water partition coefficient (Wildman–Crippen LogP) is 4.36. The number of carbonyl (C=O) groups excluding carboxylic acids is 2. The van der Waals surface area contributed by atoms with Crippen LogP contribution in [0.2, 0.25) is 10.0 Å². The number of hydrogen-bond acceptors (Lipinski definition) is 2. The van der Waals surface area contributed by atoms with Crippen LogP contribution in [0.15, 0.2) is 18.2 Å². The molecule has 6 heteroatoms. The van der Waals surface area contributed by atoms with Gasteiger partial charge in [0, 0.05) is 18.1 Å². The molecule has 0 heterocycles. The number of nitrogens with zero attached hydrogens (tertiary/aromatic N) is 1. The van der Waals surface area contributed by atoms with Gasteiger partial charge in [-0.25, -0.2) is 0 Å². The molecule has 1 N–H and O–H groups in total. The molecule has 1 aromatic rings. The number of nitrogens with one attached hydrogen (secondary N) is 1. The van der Waals surface area contributed by atoms with Gasteiger partial charge >= 0.3 is 11.8 Å². The topological polar surface area (TPSA) is 49.4 Å². The van der Waals surface area contributed by atoms with Crippen molar-refractivity contribution < 1.29 is 9.59 Å². The third-order valence-corrected chi connectivity index (χ3v) is 3.77. The minimum absolute atomic E-state index is 0.308. The summed E-state index contributed by atoms with van der Waals surface area (Å²) in [4.78, 5) is 26.0. The van der Waals surface area contributed by atoms with E-state index in [4.69, 9.17) is 23.2 Å². The molecule has 122 valence electrons. The fraction of sp³-hybridized carbons (Fsp3) is 0.500. The second kappa shape index (κ2) is 9.70. The fourth-order valence-corrected chi connectivity index (χ4v) is 2.38. The highest BCUT2D eigenvalue weighted by Gasteiger charge is 2.21. The Hall–Kier alpha value is -1.26. The molecule has 0 spiro atoms. The van der Waals surface area contributed by atoms with Crippen molar-refractivity contribution in [3.63, 3.8) is 0 Å². The average Bonchev–Trinajstić information content (AvgIpc) is 2.49. The number of carbonyl (C=O) groups is 2. The van der Waals surface area contributed by atoms with Gasteiger partial charge in [0.25, 0.3) is 0 Å². The van der Waals surface area contributed by atoms with Crippen molar-refractivity contribution in [2.24, 2.45) is 0 Å². The zero-order chi connectivity index (χ0) is 16.5. The van der Waals surface area contributed by atoms with Crippen molar-refractivity contribution in [1.29, 1.82) is 0 Å². The van der Waals surface area contributed by atoms with E-state index >= 15 is 0 Å². The van der Waals surface area contributed by atoms with E-state index < -0.39 is 11.8 Å². The van der Waals surface area contributed by atoms with E-state index in [9.17, 15) is 9.59 Å². The Morgan fingerprint density at radius 1 is 1.09 bits per heavy atom. The monoisotopic (exact) mass is 344 g/mol. The second-order valence-electron chi connectivity index (χ2n) is 5.08. The molecule has 0 saturated carbocycles. The Labute approximate surface area is 141 Å². The van der Waals surface area contributed by atoms with Crippen molar-refractivity contribution in [2.75, 3.05) is 18.4 Å². The quantitative estimate of drug-likeness (QED) is 0.747. The highest BCUT2D eigenvalue weighted by molar-refractivity contribution is 6.42. The number of unbranched alkanes of at least 4 members (excludes halogenated alkanes) is 2. The molecule has 4 nitrogen and oxygen atoms in total. The summed E-state index contributed by atoms with van der Waals surface area (Å²) in [7, 11) is 0. The normalized spacial score (nSPS) is 10.4. The molecule has 0 aliphatic rings. The van der Waals surface area contributed by atoms with Gasteiger partial charge in [0.2, 0.25) is 0 Å². The molecule has 0 fully saturated rings. The molecule has 0 aliphatic carbocycles. The molecular weight excluding hydrogens is 323 g/mol. The zero-order valence-electron chi connectivity index (χ0n) is 13.0. The first-order valence-electron chi connectivity index (χ1n) is 7.54. The lowest BCUT2D eigenvalue weighted by Crippen LogP contribution is -2.40. The summed E-state index contributed by atoms with van der Waals surface area (Å²) in [6, 6.07) is 4.72. The molecule has 0 bridgehead atoms. The average molecular weight is 345 g/mol. The van der Waals surface area contributed by atoms with E-state index in [1.807, 2.05) is 0 Å². The SMILES string of the molecule is CCCCN(CCCC)C(=O)C(=O)Nc1ccc(Cl)cc1Cl. The summed E-state index contributed by atoms with van der Waals surface area (Å²) in [5.74, 6) is -1.19. The third kappa shape index (κ3) is 5.85. The number of amides is 2. The number of rotatable bonds is 7. The second-order valence-corrected chi connectivity index (χ2v) is 5.92. The molecular formula is C16H22Cl2N2O2. The van der Waals surface area contributed by atoms with E-state index in [0.29, 0.717) is 28.8 Å². The molecule has 2 amide bonds. The van der Waals surface area contributed by atoms with Crippen LogP contribution in [0.25, 0.3) is 0 Å². The molecule has 0 saturated heterocycles. The van der Waals surface area contributed by atoms with Gasteiger partial charge in [-0.15, -0.1) is 0 Å². The van der Waals surface area contributed by atoms with Crippen LogP contribution in [0, 0.1) is 0 Å². The number of hydrogen-bond donors (Lipinski definition) is 1. The van der Waals surface area contributed by atoms with Gasteiger partial charge in [-0.3, -0.25) is 9.59 Å². The lowest BCUT2D eigenvalue weighted by atomic mass is 10.2. The summed E-state index contributed by atoms with van der Waals surface area (Å²) in [6.07, 6.45) is 3.70. The lowest BCUT2D eigenvalue weighted by Gasteiger charge is -2.21. The molecule has 1 rings (SSSR count). The smallest absolute Gasteiger partial charge is 0.313 e. The molecule has 1 aromatic carbocycles. The van der Waals surface area contributed by atoms with E-state index in [0.717, 1.165) is 25.7 Å².